The van der Waals surface area contributed by atoms with Crippen LogP contribution in [0.4, 0.5) is 15.8 Å². The molecule has 110 valence electrons. The Hall–Kier alpha value is -1.69. The Labute approximate surface area is 117 Å². The lowest BCUT2D eigenvalue weighted by Gasteiger charge is -2.35. The number of anilines is 1. The summed E-state index contributed by atoms with van der Waals surface area (Å²) in [7, 11) is 0. The van der Waals surface area contributed by atoms with Gasteiger partial charge in [-0.3, -0.25) is 10.1 Å². The fourth-order valence-corrected chi connectivity index (χ4v) is 2.81. The first kappa shape index (κ1) is 14.7. The van der Waals surface area contributed by atoms with Crippen LogP contribution < -0.4 is 5.32 Å². The zero-order chi connectivity index (χ0) is 14.8. The molecule has 1 aliphatic carbocycles. The van der Waals surface area contributed by atoms with Crippen LogP contribution in [0.3, 0.4) is 0 Å². The molecule has 1 aromatic carbocycles. The lowest BCUT2D eigenvalue weighted by molar-refractivity contribution is -0.385. The van der Waals surface area contributed by atoms with Crippen LogP contribution in [0.25, 0.3) is 0 Å². The Morgan fingerprint density at radius 3 is 2.95 bits per heavy atom. The van der Waals surface area contributed by atoms with E-state index in [4.69, 9.17) is 0 Å². The highest BCUT2D eigenvalue weighted by atomic mass is 19.1. The van der Waals surface area contributed by atoms with E-state index in [9.17, 15) is 19.6 Å². The normalized spacial score (nSPS) is 26.2. The van der Waals surface area contributed by atoms with Gasteiger partial charge >= 0.3 is 0 Å². The monoisotopic (exact) mass is 282 g/mol. The fraction of sp³-hybridized carbons (Fsp3) is 0.571. The lowest BCUT2D eigenvalue weighted by Crippen LogP contribution is -2.41. The maximum atomic E-state index is 13.7. The summed E-state index contributed by atoms with van der Waals surface area (Å²) in [5.74, 6) is -0.219. The van der Waals surface area contributed by atoms with E-state index >= 15 is 0 Å². The topological polar surface area (TPSA) is 75.4 Å². The number of nitrogens with zero attached hydrogens (tertiary/aromatic N) is 1. The molecule has 1 aliphatic rings. The average molecular weight is 282 g/mol. The van der Waals surface area contributed by atoms with Gasteiger partial charge in [0.1, 0.15) is 0 Å². The molecule has 0 aromatic heterocycles. The second-order valence-electron chi connectivity index (χ2n) is 5.70. The number of aliphatic hydroxyl groups is 1. The molecule has 2 rings (SSSR count). The van der Waals surface area contributed by atoms with Gasteiger partial charge in [-0.05, 0) is 24.8 Å². The first-order valence-corrected chi connectivity index (χ1v) is 6.80. The van der Waals surface area contributed by atoms with Crippen LogP contribution in [-0.2, 0) is 0 Å². The minimum atomic E-state index is -0.827. The maximum Gasteiger partial charge on any atom is 0.272 e. The molecular weight excluding hydrogens is 263 g/mol. The third-order valence-corrected chi connectivity index (χ3v) is 3.84. The molecule has 0 aliphatic heterocycles. The number of nitro groups is 1. The van der Waals surface area contributed by atoms with Crippen molar-refractivity contribution in [2.75, 3.05) is 11.9 Å². The van der Waals surface area contributed by atoms with Crippen molar-refractivity contribution >= 4 is 11.4 Å². The number of nitrogens with one attached hydrogen (secondary N) is 1. The van der Waals surface area contributed by atoms with Gasteiger partial charge in [0.05, 0.1) is 22.3 Å². The molecule has 1 fully saturated rings. The largest absolute Gasteiger partial charge is 0.388 e. The van der Waals surface area contributed by atoms with Crippen molar-refractivity contribution in [2.45, 2.75) is 38.2 Å². The Morgan fingerprint density at radius 2 is 2.35 bits per heavy atom. The van der Waals surface area contributed by atoms with Crippen molar-refractivity contribution in [3.8, 4) is 0 Å². The summed E-state index contributed by atoms with van der Waals surface area (Å²) >= 11 is 0. The maximum absolute atomic E-state index is 13.7. The lowest BCUT2D eigenvalue weighted by atomic mass is 9.79. The molecule has 0 saturated heterocycles. The zero-order valence-electron chi connectivity index (χ0n) is 11.4. The molecule has 20 heavy (non-hydrogen) atoms. The van der Waals surface area contributed by atoms with Gasteiger partial charge < -0.3 is 10.4 Å². The number of non-ortho nitro benzene ring substituents is 1. The van der Waals surface area contributed by atoms with Gasteiger partial charge in [0.15, 0.2) is 5.82 Å². The van der Waals surface area contributed by atoms with E-state index in [1.54, 1.807) is 0 Å². The molecule has 0 bridgehead atoms. The highest BCUT2D eigenvalue weighted by Crippen LogP contribution is 2.32. The average Bonchev–Trinajstić information content (AvgIpc) is 2.36. The molecule has 0 spiro atoms. The number of nitro benzene ring substituents is 1. The van der Waals surface area contributed by atoms with E-state index in [1.165, 1.54) is 12.1 Å². The summed E-state index contributed by atoms with van der Waals surface area (Å²) in [6, 6.07) is 3.47. The molecular formula is C14H19FN2O3. The quantitative estimate of drug-likeness (QED) is 0.657. The number of hydrogen-bond acceptors (Lipinski definition) is 4. The Kier molecular flexibility index (Phi) is 4.23. The molecule has 6 heteroatoms. The van der Waals surface area contributed by atoms with Crippen LogP contribution in [0.1, 0.15) is 32.6 Å². The summed E-state index contributed by atoms with van der Waals surface area (Å²) < 4.78 is 13.7. The van der Waals surface area contributed by atoms with E-state index < -0.39 is 16.3 Å². The predicted octanol–water partition coefficient (Wildman–Crippen LogP) is 3.09. The van der Waals surface area contributed by atoms with Crippen LogP contribution in [0.15, 0.2) is 18.2 Å². The van der Waals surface area contributed by atoms with Crippen molar-refractivity contribution < 1.29 is 14.4 Å². The first-order valence-electron chi connectivity index (χ1n) is 6.80. The van der Waals surface area contributed by atoms with Crippen molar-refractivity contribution in [1.82, 2.24) is 0 Å². The van der Waals surface area contributed by atoms with Crippen LogP contribution >= 0.6 is 0 Å². The van der Waals surface area contributed by atoms with Crippen molar-refractivity contribution in [2.24, 2.45) is 5.92 Å². The van der Waals surface area contributed by atoms with Gasteiger partial charge in [0, 0.05) is 12.6 Å². The van der Waals surface area contributed by atoms with Crippen LogP contribution in [0, 0.1) is 21.8 Å². The van der Waals surface area contributed by atoms with Gasteiger partial charge in [-0.2, -0.15) is 0 Å². The van der Waals surface area contributed by atoms with Gasteiger partial charge in [-0.1, -0.05) is 19.8 Å². The Morgan fingerprint density at radius 1 is 1.60 bits per heavy atom. The molecule has 2 N–H and O–H groups in total. The van der Waals surface area contributed by atoms with Gasteiger partial charge in [0.25, 0.3) is 5.69 Å². The summed E-state index contributed by atoms with van der Waals surface area (Å²) in [6.45, 7) is 2.35. The first-order chi connectivity index (χ1) is 9.39. The van der Waals surface area contributed by atoms with E-state index in [-0.39, 0.29) is 17.9 Å². The third-order valence-electron chi connectivity index (χ3n) is 3.84. The molecule has 1 aromatic rings. The SMILES string of the molecule is CC1CCCC(O)(CNc2ccc([N+](=O)[O-])cc2F)C1. The molecule has 2 atom stereocenters. The van der Waals surface area contributed by atoms with Crippen molar-refractivity contribution in [1.29, 1.82) is 0 Å². The Balaban J connectivity index is 2.02. The number of hydrogen-bond donors (Lipinski definition) is 2. The molecule has 0 radical (unpaired) electrons. The smallest absolute Gasteiger partial charge is 0.272 e. The van der Waals surface area contributed by atoms with E-state index in [0.717, 1.165) is 18.9 Å². The molecule has 5 nitrogen and oxygen atoms in total. The number of rotatable bonds is 4. The van der Waals surface area contributed by atoms with Crippen LogP contribution in [0.2, 0.25) is 0 Å². The summed E-state index contributed by atoms with van der Waals surface area (Å²) in [4.78, 5) is 9.90. The summed E-state index contributed by atoms with van der Waals surface area (Å²) in [6.07, 6.45) is 3.45. The van der Waals surface area contributed by atoms with Gasteiger partial charge in [-0.25, -0.2) is 4.39 Å². The molecule has 2 unspecified atom stereocenters. The molecule has 0 amide bonds. The van der Waals surface area contributed by atoms with Crippen LogP contribution in [0.5, 0.6) is 0 Å². The zero-order valence-corrected chi connectivity index (χ0v) is 11.4. The number of halogens is 1. The van der Waals surface area contributed by atoms with Gasteiger partial charge in [0.2, 0.25) is 0 Å². The van der Waals surface area contributed by atoms with Crippen LogP contribution in [-0.4, -0.2) is 22.2 Å². The third kappa shape index (κ3) is 3.45. The van der Waals surface area contributed by atoms with E-state index in [1.807, 2.05) is 0 Å². The van der Waals surface area contributed by atoms with E-state index in [0.29, 0.717) is 18.8 Å². The summed E-state index contributed by atoms with van der Waals surface area (Å²) in [5.41, 5.74) is -0.924. The molecule has 0 heterocycles. The second kappa shape index (κ2) is 5.75. The van der Waals surface area contributed by atoms with Crippen molar-refractivity contribution in [3.05, 3.63) is 34.1 Å². The minimum Gasteiger partial charge on any atom is -0.388 e. The second-order valence-corrected chi connectivity index (χ2v) is 5.70. The highest BCUT2D eigenvalue weighted by molar-refractivity contribution is 5.50. The summed E-state index contributed by atoms with van der Waals surface area (Å²) in [5, 5.41) is 23.8. The minimum absolute atomic E-state index is 0.183. The Bertz CT molecular complexity index is 509. The number of benzene rings is 1. The fourth-order valence-electron chi connectivity index (χ4n) is 2.81. The van der Waals surface area contributed by atoms with Crippen molar-refractivity contribution in [3.63, 3.8) is 0 Å². The highest BCUT2D eigenvalue weighted by Gasteiger charge is 2.32. The van der Waals surface area contributed by atoms with E-state index in [2.05, 4.69) is 12.2 Å². The molecule has 1 saturated carbocycles. The standard InChI is InChI=1S/C14H19FN2O3/c1-10-3-2-6-14(18,8-10)9-16-13-5-4-11(17(19)20)7-12(13)15/h4-5,7,10,16,18H,2-3,6,8-9H2,1H3. The van der Waals surface area contributed by atoms with Gasteiger partial charge in [-0.15, -0.1) is 0 Å². The predicted molar refractivity (Wildman–Crippen MR) is 74.1 cm³/mol.